The van der Waals surface area contributed by atoms with Gasteiger partial charge in [-0.2, -0.15) is 4.57 Å². The third-order valence-corrected chi connectivity index (χ3v) is 1.42. The van der Waals surface area contributed by atoms with E-state index in [1.54, 1.807) is 16.8 Å². The van der Waals surface area contributed by atoms with E-state index in [1.807, 2.05) is 6.92 Å². The third kappa shape index (κ3) is 1.73. The highest BCUT2D eigenvalue weighted by Crippen LogP contribution is 2.04. The van der Waals surface area contributed by atoms with Crippen molar-refractivity contribution in [2.45, 2.75) is 13.5 Å². The van der Waals surface area contributed by atoms with Crippen molar-refractivity contribution in [1.29, 1.82) is 0 Å². The van der Waals surface area contributed by atoms with Gasteiger partial charge in [0.05, 0.1) is 4.92 Å². The van der Waals surface area contributed by atoms with Crippen LogP contribution in [-0.4, -0.2) is 4.92 Å². The van der Waals surface area contributed by atoms with Crippen LogP contribution in [0.4, 0.5) is 5.69 Å². The van der Waals surface area contributed by atoms with Gasteiger partial charge in [-0.05, 0) is 6.92 Å². The maximum absolute atomic E-state index is 10.3. The summed E-state index contributed by atoms with van der Waals surface area (Å²) in [4.78, 5) is 9.86. The topological polar surface area (TPSA) is 47.0 Å². The molecule has 0 atom stereocenters. The van der Waals surface area contributed by atoms with Crippen molar-refractivity contribution in [2.24, 2.45) is 0 Å². The molecule has 1 aromatic heterocycles. The quantitative estimate of drug-likeness (QED) is 0.360. The Bertz CT molecular complexity index is 273. The average molecular weight is 153 g/mol. The van der Waals surface area contributed by atoms with Gasteiger partial charge in [-0.15, -0.1) is 0 Å². The predicted octanol–water partition coefficient (Wildman–Crippen LogP) is 0.902. The minimum absolute atomic E-state index is 0.134. The summed E-state index contributed by atoms with van der Waals surface area (Å²) in [6.45, 7) is 2.69. The van der Waals surface area contributed by atoms with Crippen LogP contribution in [0.15, 0.2) is 24.5 Å². The highest BCUT2D eigenvalue weighted by molar-refractivity contribution is 5.20. The van der Waals surface area contributed by atoms with Gasteiger partial charge in [0.1, 0.15) is 6.54 Å². The smallest absolute Gasteiger partial charge is 0.258 e. The number of hydrogen-bond acceptors (Lipinski definition) is 2. The van der Waals surface area contributed by atoms with Crippen LogP contribution in [0.3, 0.4) is 0 Å². The molecule has 4 heteroatoms. The summed E-state index contributed by atoms with van der Waals surface area (Å²) in [5.74, 6) is 0. The molecule has 0 aromatic carbocycles. The Morgan fingerprint density at radius 2 is 2.45 bits per heavy atom. The second kappa shape index (κ2) is 3.09. The number of aryl methyl sites for hydroxylation is 1. The zero-order valence-corrected chi connectivity index (χ0v) is 6.23. The van der Waals surface area contributed by atoms with E-state index in [9.17, 15) is 10.1 Å². The Kier molecular flexibility index (Phi) is 2.15. The van der Waals surface area contributed by atoms with Crippen LogP contribution in [0.2, 0.25) is 0 Å². The summed E-state index contributed by atoms with van der Waals surface area (Å²) in [5.41, 5.74) is 0.134. The first-order valence-corrected chi connectivity index (χ1v) is 3.37. The molecule has 4 nitrogen and oxygen atoms in total. The molecule has 0 spiro atoms. The molecule has 11 heavy (non-hydrogen) atoms. The Labute approximate surface area is 64.2 Å². The minimum Gasteiger partial charge on any atom is -0.258 e. The summed E-state index contributed by atoms with van der Waals surface area (Å²) in [6, 6.07) is 3.15. The summed E-state index contributed by atoms with van der Waals surface area (Å²) in [6.07, 6.45) is 3.31. The fraction of sp³-hybridized carbons (Fsp3) is 0.286. The van der Waals surface area contributed by atoms with Gasteiger partial charge in [-0.1, -0.05) is 0 Å². The van der Waals surface area contributed by atoms with Crippen LogP contribution in [-0.2, 0) is 6.54 Å². The van der Waals surface area contributed by atoms with Crippen LogP contribution in [0.1, 0.15) is 6.92 Å². The van der Waals surface area contributed by atoms with E-state index in [1.165, 1.54) is 12.3 Å². The standard InChI is InChI=1S/C7H9N2O2/c1-2-8-5-3-4-7(6-8)9(10)11/h3-6H,2H2,1H3/q+1. The molecule has 0 N–H and O–H groups in total. The van der Waals surface area contributed by atoms with Gasteiger partial charge >= 0.3 is 5.69 Å². The lowest BCUT2D eigenvalue weighted by atomic mass is 10.4. The fourth-order valence-electron chi connectivity index (χ4n) is 0.813. The maximum Gasteiger partial charge on any atom is 0.332 e. The summed E-state index contributed by atoms with van der Waals surface area (Å²) in [5, 5.41) is 10.3. The molecule has 0 saturated heterocycles. The molecule has 0 radical (unpaired) electrons. The van der Waals surface area contributed by atoms with E-state index in [2.05, 4.69) is 0 Å². The van der Waals surface area contributed by atoms with E-state index in [0.717, 1.165) is 6.54 Å². The highest BCUT2D eigenvalue weighted by Gasteiger charge is 2.08. The molecule has 0 aliphatic carbocycles. The largest absolute Gasteiger partial charge is 0.332 e. The summed E-state index contributed by atoms with van der Waals surface area (Å²) in [7, 11) is 0. The Morgan fingerprint density at radius 1 is 1.73 bits per heavy atom. The minimum atomic E-state index is -0.397. The van der Waals surface area contributed by atoms with Crippen LogP contribution < -0.4 is 4.57 Å². The van der Waals surface area contributed by atoms with Crippen LogP contribution >= 0.6 is 0 Å². The second-order valence-electron chi connectivity index (χ2n) is 2.15. The first-order valence-electron chi connectivity index (χ1n) is 3.37. The highest BCUT2D eigenvalue weighted by atomic mass is 16.6. The van der Waals surface area contributed by atoms with Gasteiger partial charge < -0.3 is 0 Å². The molecule has 0 amide bonds. The molecule has 0 fully saturated rings. The van der Waals surface area contributed by atoms with Crippen LogP contribution in [0.25, 0.3) is 0 Å². The molecule has 1 rings (SSSR count). The van der Waals surface area contributed by atoms with E-state index in [-0.39, 0.29) is 5.69 Å². The molecule has 0 bridgehead atoms. The lowest BCUT2D eigenvalue weighted by molar-refractivity contribution is -0.696. The molecule has 0 aliphatic heterocycles. The molecule has 0 aliphatic rings. The van der Waals surface area contributed by atoms with Crippen molar-refractivity contribution in [3.63, 3.8) is 0 Å². The van der Waals surface area contributed by atoms with Crippen molar-refractivity contribution in [3.05, 3.63) is 34.6 Å². The van der Waals surface area contributed by atoms with Gasteiger partial charge in [0.25, 0.3) is 0 Å². The van der Waals surface area contributed by atoms with Crippen molar-refractivity contribution >= 4 is 5.69 Å². The van der Waals surface area contributed by atoms with Gasteiger partial charge in [0.15, 0.2) is 6.20 Å². The van der Waals surface area contributed by atoms with Gasteiger partial charge in [-0.25, -0.2) is 0 Å². The van der Waals surface area contributed by atoms with Gasteiger partial charge in [-0.3, -0.25) is 10.1 Å². The third-order valence-electron chi connectivity index (χ3n) is 1.42. The number of nitrogens with zero attached hydrogens (tertiary/aromatic N) is 2. The zero-order valence-electron chi connectivity index (χ0n) is 6.23. The van der Waals surface area contributed by atoms with Crippen molar-refractivity contribution in [1.82, 2.24) is 0 Å². The molecule has 0 saturated carbocycles. The monoisotopic (exact) mass is 153 g/mol. The Balaban J connectivity index is 3.01. The van der Waals surface area contributed by atoms with Crippen molar-refractivity contribution < 1.29 is 9.49 Å². The maximum atomic E-state index is 10.3. The normalized spacial score (nSPS) is 9.55. The van der Waals surface area contributed by atoms with E-state index >= 15 is 0 Å². The van der Waals surface area contributed by atoms with Crippen molar-refractivity contribution in [2.75, 3.05) is 0 Å². The van der Waals surface area contributed by atoms with Crippen LogP contribution in [0, 0.1) is 10.1 Å². The number of nitro groups is 1. The van der Waals surface area contributed by atoms with Crippen molar-refractivity contribution in [3.8, 4) is 0 Å². The average Bonchev–Trinajstić information content (AvgIpc) is 2.05. The predicted molar refractivity (Wildman–Crippen MR) is 39.0 cm³/mol. The summed E-state index contributed by atoms with van der Waals surface area (Å²) >= 11 is 0. The van der Waals surface area contributed by atoms with E-state index in [0.29, 0.717) is 0 Å². The van der Waals surface area contributed by atoms with Gasteiger partial charge in [0.2, 0.25) is 6.20 Å². The first kappa shape index (κ1) is 7.65. The first-order chi connectivity index (χ1) is 5.24. The second-order valence-corrected chi connectivity index (χ2v) is 2.15. The number of aromatic nitrogens is 1. The Hall–Kier alpha value is -1.45. The lowest BCUT2D eigenvalue weighted by Gasteiger charge is -1.89. The summed E-state index contributed by atoms with van der Waals surface area (Å²) < 4.78 is 1.76. The molecule has 1 heterocycles. The van der Waals surface area contributed by atoms with E-state index in [4.69, 9.17) is 0 Å². The molecular formula is C7H9N2O2+. The van der Waals surface area contributed by atoms with E-state index < -0.39 is 4.92 Å². The zero-order chi connectivity index (χ0) is 8.27. The molecule has 58 valence electrons. The molecule has 0 unspecified atom stereocenters. The number of pyridine rings is 1. The fourth-order valence-corrected chi connectivity index (χ4v) is 0.813. The lowest BCUT2D eigenvalue weighted by Crippen LogP contribution is -2.31. The SMILES string of the molecule is CC[n+]1cccc([N+](=O)[O-])c1. The molecule has 1 aromatic rings. The molecular weight excluding hydrogens is 144 g/mol. The Morgan fingerprint density at radius 3 is 3.00 bits per heavy atom. The number of rotatable bonds is 2. The van der Waals surface area contributed by atoms with Gasteiger partial charge in [0, 0.05) is 12.1 Å². The number of hydrogen-bond donors (Lipinski definition) is 0. The van der Waals surface area contributed by atoms with Crippen LogP contribution in [0.5, 0.6) is 0 Å².